The number of phenolic OH excluding ortho intramolecular Hbond substituents is 1. The smallest absolute Gasteiger partial charge is 0.198 e. The van der Waals surface area contributed by atoms with Crippen LogP contribution in [0.3, 0.4) is 0 Å². The SMILES string of the molecule is O=C1c2cccc(O)c2C(=O)c2c(CCO)cccc21. The van der Waals surface area contributed by atoms with Gasteiger partial charge in [0.25, 0.3) is 0 Å². The Morgan fingerprint density at radius 1 is 0.850 bits per heavy atom. The third-order valence-electron chi connectivity index (χ3n) is 3.52. The number of fused-ring (bicyclic) bond motifs is 2. The van der Waals surface area contributed by atoms with Gasteiger partial charge in [0, 0.05) is 23.3 Å². The highest BCUT2D eigenvalue weighted by molar-refractivity contribution is 6.29. The molecule has 0 saturated heterocycles. The summed E-state index contributed by atoms with van der Waals surface area (Å²) in [6, 6.07) is 9.49. The molecule has 20 heavy (non-hydrogen) atoms. The highest BCUT2D eigenvalue weighted by Gasteiger charge is 2.33. The second-order valence-electron chi connectivity index (χ2n) is 4.67. The van der Waals surface area contributed by atoms with Crippen molar-refractivity contribution in [3.8, 4) is 5.75 Å². The molecule has 0 saturated carbocycles. The van der Waals surface area contributed by atoms with Gasteiger partial charge in [0.05, 0.1) is 5.56 Å². The van der Waals surface area contributed by atoms with E-state index in [2.05, 4.69) is 0 Å². The number of aliphatic hydroxyl groups excluding tert-OH is 1. The van der Waals surface area contributed by atoms with E-state index >= 15 is 0 Å². The van der Waals surface area contributed by atoms with Crippen molar-refractivity contribution in [2.45, 2.75) is 6.42 Å². The van der Waals surface area contributed by atoms with Gasteiger partial charge in [0.1, 0.15) is 5.75 Å². The topological polar surface area (TPSA) is 74.6 Å². The minimum Gasteiger partial charge on any atom is -0.507 e. The molecule has 0 fully saturated rings. The van der Waals surface area contributed by atoms with Crippen LogP contribution < -0.4 is 0 Å². The summed E-state index contributed by atoms with van der Waals surface area (Å²) in [7, 11) is 0. The lowest BCUT2D eigenvalue weighted by Gasteiger charge is -2.20. The number of hydrogen-bond acceptors (Lipinski definition) is 4. The standard InChI is InChI=1S/C16H12O4/c17-8-7-9-3-1-4-10-13(9)16(20)14-11(15(10)19)5-2-6-12(14)18/h1-6,17-18H,7-8H2. The van der Waals surface area contributed by atoms with Crippen molar-refractivity contribution < 1.29 is 19.8 Å². The summed E-state index contributed by atoms with van der Waals surface area (Å²) >= 11 is 0. The predicted molar refractivity (Wildman–Crippen MR) is 72.2 cm³/mol. The van der Waals surface area contributed by atoms with Gasteiger partial charge >= 0.3 is 0 Å². The van der Waals surface area contributed by atoms with E-state index in [-0.39, 0.29) is 35.0 Å². The van der Waals surface area contributed by atoms with Crippen molar-refractivity contribution in [1.29, 1.82) is 0 Å². The Kier molecular flexibility index (Phi) is 2.88. The van der Waals surface area contributed by atoms with E-state index in [0.29, 0.717) is 23.1 Å². The molecule has 100 valence electrons. The maximum atomic E-state index is 12.6. The summed E-state index contributed by atoms with van der Waals surface area (Å²) in [5.74, 6) is -0.827. The molecule has 2 aromatic carbocycles. The Bertz CT molecular complexity index is 731. The second kappa shape index (κ2) is 4.58. The summed E-state index contributed by atoms with van der Waals surface area (Å²) in [6.07, 6.45) is 0.297. The first kappa shape index (κ1) is 12.6. The third-order valence-corrected chi connectivity index (χ3v) is 3.52. The molecule has 0 atom stereocenters. The molecule has 0 bridgehead atoms. The molecule has 0 amide bonds. The van der Waals surface area contributed by atoms with Crippen LogP contribution in [0.5, 0.6) is 5.75 Å². The van der Waals surface area contributed by atoms with Crippen molar-refractivity contribution in [2.24, 2.45) is 0 Å². The minimum absolute atomic E-state index is 0.0513. The van der Waals surface area contributed by atoms with Gasteiger partial charge in [-0.2, -0.15) is 0 Å². The fourth-order valence-corrected chi connectivity index (χ4v) is 2.62. The molecule has 0 aromatic heterocycles. The highest BCUT2D eigenvalue weighted by Crippen LogP contribution is 2.34. The van der Waals surface area contributed by atoms with Crippen LogP contribution in [0.15, 0.2) is 36.4 Å². The molecule has 0 spiro atoms. The van der Waals surface area contributed by atoms with Gasteiger partial charge in [-0.1, -0.05) is 30.3 Å². The first-order valence-electron chi connectivity index (χ1n) is 6.29. The molecule has 2 N–H and O–H groups in total. The van der Waals surface area contributed by atoms with E-state index < -0.39 is 0 Å². The number of hydrogen-bond donors (Lipinski definition) is 2. The fraction of sp³-hybridized carbons (Fsp3) is 0.125. The summed E-state index contributed by atoms with van der Waals surface area (Å²) in [4.78, 5) is 25.0. The average Bonchev–Trinajstić information content (AvgIpc) is 2.45. The second-order valence-corrected chi connectivity index (χ2v) is 4.67. The summed E-state index contributed by atoms with van der Waals surface area (Å²) in [6.45, 7) is -0.106. The van der Waals surface area contributed by atoms with Crippen LogP contribution in [0, 0.1) is 0 Å². The molecule has 1 aliphatic carbocycles. The number of aromatic hydroxyl groups is 1. The van der Waals surface area contributed by atoms with E-state index in [9.17, 15) is 14.7 Å². The summed E-state index contributed by atoms with van der Waals surface area (Å²) < 4.78 is 0. The number of aliphatic hydroxyl groups is 1. The minimum atomic E-state index is -0.364. The van der Waals surface area contributed by atoms with Crippen molar-refractivity contribution in [3.63, 3.8) is 0 Å². The van der Waals surface area contributed by atoms with Gasteiger partial charge in [-0.05, 0) is 18.1 Å². The molecule has 4 heteroatoms. The van der Waals surface area contributed by atoms with Crippen molar-refractivity contribution >= 4 is 11.6 Å². The molecule has 2 aromatic rings. The molecule has 0 unspecified atom stereocenters. The molecular formula is C16H12O4. The Labute approximate surface area is 115 Å². The first-order chi connectivity index (χ1) is 9.65. The number of carbonyl (C=O) groups excluding carboxylic acids is 2. The van der Waals surface area contributed by atoms with E-state index in [4.69, 9.17) is 5.11 Å². The molecule has 0 radical (unpaired) electrons. The van der Waals surface area contributed by atoms with Crippen molar-refractivity contribution in [3.05, 3.63) is 64.2 Å². The molecule has 0 heterocycles. The summed E-state index contributed by atoms with van der Waals surface area (Å²) in [5.41, 5.74) is 1.52. The zero-order chi connectivity index (χ0) is 14.3. The highest BCUT2D eigenvalue weighted by atomic mass is 16.3. The molecule has 1 aliphatic rings. The van der Waals surface area contributed by atoms with Gasteiger partial charge in [-0.15, -0.1) is 0 Å². The monoisotopic (exact) mass is 268 g/mol. The lowest BCUT2D eigenvalue weighted by atomic mass is 9.81. The first-order valence-corrected chi connectivity index (χ1v) is 6.29. The lowest BCUT2D eigenvalue weighted by Crippen LogP contribution is -2.23. The van der Waals surface area contributed by atoms with Gasteiger partial charge in [-0.25, -0.2) is 0 Å². The largest absolute Gasteiger partial charge is 0.507 e. The van der Waals surface area contributed by atoms with Crippen molar-refractivity contribution in [2.75, 3.05) is 6.61 Å². The number of rotatable bonds is 2. The zero-order valence-electron chi connectivity index (χ0n) is 10.6. The van der Waals surface area contributed by atoms with Crippen LogP contribution in [0.25, 0.3) is 0 Å². The quantitative estimate of drug-likeness (QED) is 0.742. The van der Waals surface area contributed by atoms with Crippen LogP contribution in [-0.2, 0) is 6.42 Å². The maximum Gasteiger partial charge on any atom is 0.198 e. The van der Waals surface area contributed by atoms with Crippen LogP contribution in [0.1, 0.15) is 37.4 Å². The molecular weight excluding hydrogens is 256 g/mol. The van der Waals surface area contributed by atoms with Crippen molar-refractivity contribution in [1.82, 2.24) is 0 Å². The van der Waals surface area contributed by atoms with Gasteiger partial charge in [-0.3, -0.25) is 9.59 Å². The van der Waals surface area contributed by atoms with Crippen LogP contribution in [0.4, 0.5) is 0 Å². The molecule has 3 rings (SSSR count). The van der Waals surface area contributed by atoms with E-state index in [0.717, 1.165) is 0 Å². The Hall–Kier alpha value is -2.46. The predicted octanol–water partition coefficient (Wildman–Crippen LogP) is 1.70. The fourth-order valence-electron chi connectivity index (χ4n) is 2.62. The number of benzene rings is 2. The Balaban J connectivity index is 2.30. The number of carbonyl (C=O) groups is 2. The number of phenols is 1. The molecule has 4 nitrogen and oxygen atoms in total. The van der Waals surface area contributed by atoms with Gasteiger partial charge in [0.15, 0.2) is 11.6 Å². The van der Waals surface area contributed by atoms with Gasteiger partial charge < -0.3 is 10.2 Å². The maximum absolute atomic E-state index is 12.6. The van der Waals surface area contributed by atoms with Crippen LogP contribution in [-0.4, -0.2) is 28.4 Å². The van der Waals surface area contributed by atoms with E-state index in [1.165, 1.54) is 12.1 Å². The zero-order valence-corrected chi connectivity index (χ0v) is 10.6. The Morgan fingerprint density at radius 3 is 2.20 bits per heavy atom. The van der Waals surface area contributed by atoms with E-state index in [1.807, 2.05) is 0 Å². The van der Waals surface area contributed by atoms with E-state index in [1.54, 1.807) is 24.3 Å². The van der Waals surface area contributed by atoms with Crippen LogP contribution in [0.2, 0.25) is 0 Å². The molecule has 0 aliphatic heterocycles. The summed E-state index contributed by atoms with van der Waals surface area (Å²) in [5, 5.41) is 18.9. The average molecular weight is 268 g/mol. The normalized spacial score (nSPS) is 13.1. The Morgan fingerprint density at radius 2 is 1.50 bits per heavy atom. The third kappa shape index (κ3) is 1.66. The van der Waals surface area contributed by atoms with Crippen LogP contribution >= 0.6 is 0 Å². The van der Waals surface area contributed by atoms with Gasteiger partial charge in [0.2, 0.25) is 0 Å². The number of ketones is 2. The lowest BCUT2D eigenvalue weighted by molar-refractivity contribution is 0.0975.